The molecule has 1 aromatic heterocycles. The third-order valence-corrected chi connectivity index (χ3v) is 5.38. The number of nitrogens with zero attached hydrogens (tertiary/aromatic N) is 2. The first-order chi connectivity index (χ1) is 14.4. The minimum absolute atomic E-state index is 0.265. The molecule has 1 heterocycles. The van der Waals surface area contributed by atoms with Crippen LogP contribution in [0.3, 0.4) is 0 Å². The van der Waals surface area contributed by atoms with E-state index in [1.54, 1.807) is 37.6 Å². The molecule has 30 heavy (non-hydrogen) atoms. The van der Waals surface area contributed by atoms with E-state index in [9.17, 15) is 4.79 Å². The average molecular weight is 493 g/mol. The molecule has 3 rings (SSSR count). The first-order valence-corrected chi connectivity index (χ1v) is 10.7. The van der Waals surface area contributed by atoms with Crippen LogP contribution in [-0.4, -0.2) is 29.2 Å². The lowest BCUT2D eigenvalue weighted by Gasteiger charge is -2.20. The summed E-state index contributed by atoms with van der Waals surface area (Å²) in [5.74, 6) is 1.51. The smallest absolute Gasteiger partial charge is 0.252 e. The molecule has 0 fully saturated rings. The van der Waals surface area contributed by atoms with Crippen molar-refractivity contribution in [1.82, 2.24) is 14.9 Å². The second-order valence-electron chi connectivity index (χ2n) is 6.69. The summed E-state index contributed by atoms with van der Waals surface area (Å²) in [6, 6.07) is 10.3. The van der Waals surface area contributed by atoms with Gasteiger partial charge in [-0.25, -0.2) is 4.98 Å². The standard InChI is InChI=1S/C22H23BrClN3O3/c1-4-11-30-20-17(23)12-15(13-18(20)29-3)22(28)26-19(21-25-9-10-27(21)2)14-5-7-16(24)8-6-14/h5-10,12-13,19H,4,11H2,1-3H3,(H,26,28). The second-order valence-corrected chi connectivity index (χ2v) is 7.98. The van der Waals surface area contributed by atoms with Crippen molar-refractivity contribution in [2.45, 2.75) is 19.4 Å². The van der Waals surface area contributed by atoms with E-state index < -0.39 is 6.04 Å². The quantitative estimate of drug-likeness (QED) is 0.472. The van der Waals surface area contributed by atoms with Crippen molar-refractivity contribution in [3.05, 3.63) is 75.2 Å². The van der Waals surface area contributed by atoms with Gasteiger partial charge in [0.2, 0.25) is 0 Å². The van der Waals surface area contributed by atoms with Gasteiger partial charge in [0.1, 0.15) is 11.9 Å². The number of ether oxygens (including phenoxy) is 2. The molecule has 0 saturated heterocycles. The minimum atomic E-state index is -0.449. The van der Waals surface area contributed by atoms with Crippen LogP contribution in [0, 0.1) is 0 Å². The molecule has 0 bridgehead atoms. The number of methoxy groups -OCH3 is 1. The first kappa shape index (κ1) is 22.2. The fraction of sp³-hybridized carbons (Fsp3) is 0.273. The highest BCUT2D eigenvalue weighted by Gasteiger charge is 2.23. The molecule has 0 aliphatic carbocycles. The summed E-state index contributed by atoms with van der Waals surface area (Å²) >= 11 is 9.53. The van der Waals surface area contributed by atoms with Crippen LogP contribution >= 0.6 is 27.5 Å². The molecule has 0 saturated carbocycles. The molecular formula is C22H23BrClN3O3. The Hall–Kier alpha value is -2.51. The molecule has 2 aromatic carbocycles. The zero-order valence-corrected chi connectivity index (χ0v) is 19.3. The molecule has 1 N–H and O–H groups in total. The summed E-state index contributed by atoms with van der Waals surface area (Å²) in [6.07, 6.45) is 4.40. The van der Waals surface area contributed by atoms with Gasteiger partial charge in [0.25, 0.3) is 5.91 Å². The summed E-state index contributed by atoms with van der Waals surface area (Å²) < 4.78 is 13.7. The van der Waals surface area contributed by atoms with Gasteiger partial charge in [-0.2, -0.15) is 0 Å². The monoisotopic (exact) mass is 491 g/mol. The molecular weight excluding hydrogens is 470 g/mol. The Morgan fingerprint density at radius 3 is 2.63 bits per heavy atom. The third kappa shape index (κ3) is 4.96. The molecule has 8 heteroatoms. The lowest BCUT2D eigenvalue weighted by atomic mass is 10.1. The predicted molar refractivity (Wildman–Crippen MR) is 120 cm³/mol. The number of benzene rings is 2. The summed E-state index contributed by atoms with van der Waals surface area (Å²) in [5, 5.41) is 3.70. The normalized spacial score (nSPS) is 11.8. The Kier molecular flexibility index (Phi) is 7.39. The molecule has 1 amide bonds. The number of halogens is 2. The number of imidazole rings is 1. The average Bonchev–Trinajstić information content (AvgIpc) is 3.16. The van der Waals surface area contributed by atoms with E-state index >= 15 is 0 Å². The Morgan fingerprint density at radius 2 is 2.03 bits per heavy atom. The summed E-state index contributed by atoms with van der Waals surface area (Å²) in [6.45, 7) is 2.58. The van der Waals surface area contributed by atoms with E-state index in [0.29, 0.717) is 39.0 Å². The predicted octanol–water partition coefficient (Wildman–Crippen LogP) is 5.15. The molecule has 0 radical (unpaired) electrons. The molecule has 3 aromatic rings. The maximum absolute atomic E-state index is 13.2. The van der Waals surface area contributed by atoms with Crippen molar-refractivity contribution in [3.63, 3.8) is 0 Å². The number of carbonyl (C=O) groups excluding carboxylic acids is 1. The van der Waals surface area contributed by atoms with Crippen molar-refractivity contribution >= 4 is 33.4 Å². The van der Waals surface area contributed by atoms with Crippen LogP contribution < -0.4 is 14.8 Å². The molecule has 6 nitrogen and oxygen atoms in total. The Balaban J connectivity index is 1.93. The highest BCUT2D eigenvalue weighted by molar-refractivity contribution is 9.10. The zero-order chi connectivity index (χ0) is 21.7. The van der Waals surface area contributed by atoms with Gasteiger partial charge in [-0.05, 0) is 52.2 Å². The number of hydrogen-bond donors (Lipinski definition) is 1. The van der Waals surface area contributed by atoms with Gasteiger partial charge < -0.3 is 19.4 Å². The van der Waals surface area contributed by atoms with Gasteiger partial charge >= 0.3 is 0 Å². The molecule has 0 aliphatic rings. The third-order valence-electron chi connectivity index (χ3n) is 4.54. The van der Waals surface area contributed by atoms with Crippen molar-refractivity contribution in [3.8, 4) is 11.5 Å². The van der Waals surface area contributed by atoms with Crippen LogP contribution in [0.4, 0.5) is 0 Å². The van der Waals surface area contributed by atoms with Gasteiger partial charge in [-0.15, -0.1) is 0 Å². The van der Waals surface area contributed by atoms with E-state index in [0.717, 1.165) is 12.0 Å². The van der Waals surface area contributed by atoms with Gasteiger partial charge in [0.05, 0.1) is 18.2 Å². The van der Waals surface area contributed by atoms with Crippen LogP contribution in [0.1, 0.15) is 41.1 Å². The highest BCUT2D eigenvalue weighted by atomic mass is 79.9. The van der Waals surface area contributed by atoms with E-state index in [-0.39, 0.29) is 5.91 Å². The number of hydrogen-bond acceptors (Lipinski definition) is 4. The Labute approximate surface area is 189 Å². The van der Waals surface area contributed by atoms with Crippen molar-refractivity contribution in [2.75, 3.05) is 13.7 Å². The van der Waals surface area contributed by atoms with E-state index in [1.165, 1.54) is 0 Å². The Morgan fingerprint density at radius 1 is 1.30 bits per heavy atom. The minimum Gasteiger partial charge on any atom is -0.493 e. The number of rotatable bonds is 8. The Bertz CT molecular complexity index is 1020. The second kappa shape index (κ2) is 10.00. The lowest BCUT2D eigenvalue weighted by molar-refractivity contribution is 0.0940. The van der Waals surface area contributed by atoms with Crippen LogP contribution in [0.25, 0.3) is 0 Å². The van der Waals surface area contributed by atoms with Crippen LogP contribution in [0.15, 0.2) is 53.3 Å². The summed E-state index contributed by atoms with van der Waals surface area (Å²) in [7, 11) is 3.43. The SMILES string of the molecule is CCCOc1c(Br)cc(C(=O)NC(c2ccc(Cl)cc2)c2nccn2C)cc1OC. The highest BCUT2D eigenvalue weighted by Crippen LogP contribution is 2.37. The van der Waals surface area contributed by atoms with Crippen molar-refractivity contribution in [1.29, 1.82) is 0 Å². The van der Waals surface area contributed by atoms with Gasteiger partial charge in [-0.1, -0.05) is 30.7 Å². The number of aryl methyl sites for hydroxylation is 1. The molecule has 0 aliphatic heterocycles. The summed E-state index contributed by atoms with van der Waals surface area (Å²) in [4.78, 5) is 17.6. The van der Waals surface area contributed by atoms with E-state index in [2.05, 4.69) is 26.2 Å². The van der Waals surface area contributed by atoms with Crippen LogP contribution in [-0.2, 0) is 7.05 Å². The summed E-state index contributed by atoms with van der Waals surface area (Å²) in [5.41, 5.74) is 1.31. The van der Waals surface area contributed by atoms with Gasteiger partial charge in [0.15, 0.2) is 11.5 Å². The lowest BCUT2D eigenvalue weighted by Crippen LogP contribution is -2.31. The van der Waals surface area contributed by atoms with Crippen LogP contribution in [0.5, 0.6) is 11.5 Å². The maximum Gasteiger partial charge on any atom is 0.252 e. The van der Waals surface area contributed by atoms with Crippen molar-refractivity contribution in [2.24, 2.45) is 7.05 Å². The van der Waals surface area contributed by atoms with Gasteiger partial charge in [-0.3, -0.25) is 4.79 Å². The van der Waals surface area contributed by atoms with E-state index in [4.69, 9.17) is 21.1 Å². The maximum atomic E-state index is 13.2. The number of amides is 1. The first-order valence-electron chi connectivity index (χ1n) is 9.48. The molecule has 1 atom stereocenters. The topological polar surface area (TPSA) is 65.4 Å². The largest absolute Gasteiger partial charge is 0.493 e. The fourth-order valence-corrected chi connectivity index (χ4v) is 3.70. The molecule has 0 spiro atoms. The van der Waals surface area contributed by atoms with Crippen molar-refractivity contribution < 1.29 is 14.3 Å². The number of carbonyl (C=O) groups is 1. The van der Waals surface area contributed by atoms with Crippen LogP contribution in [0.2, 0.25) is 5.02 Å². The molecule has 158 valence electrons. The number of aromatic nitrogens is 2. The van der Waals surface area contributed by atoms with Gasteiger partial charge in [0, 0.05) is 30.0 Å². The van der Waals surface area contributed by atoms with E-state index in [1.807, 2.05) is 36.9 Å². The fourth-order valence-electron chi connectivity index (χ4n) is 3.02. The zero-order valence-electron chi connectivity index (χ0n) is 17.0. The molecule has 1 unspecified atom stereocenters. The number of nitrogens with one attached hydrogen (secondary N) is 1.